The third-order valence-corrected chi connectivity index (χ3v) is 4.59. The van der Waals surface area contributed by atoms with Gasteiger partial charge in [0, 0.05) is 6.54 Å². The molecule has 1 aromatic heterocycles. The zero-order chi connectivity index (χ0) is 17.1. The standard InChI is InChI=1S/C17H19ClN4O2/c1-11-7-8-19-16(23)15(11)21-13-9-20-22(17(24)14(13)18)10-12-5-3-2-4-6-12/h2-6,9,11,15,21H,7-8,10H2,1H3,(H,19,23)/t11-,15+/m0/s1. The average Bonchev–Trinajstić information content (AvgIpc) is 2.58. The van der Waals surface area contributed by atoms with Crippen molar-refractivity contribution in [2.45, 2.75) is 25.9 Å². The SMILES string of the molecule is C[C@H]1CCNC(=O)[C@@H]1Nc1cnn(Cc2ccccc2)c(=O)c1Cl. The van der Waals surface area contributed by atoms with Crippen LogP contribution >= 0.6 is 11.6 Å². The van der Waals surface area contributed by atoms with E-state index in [0.717, 1.165) is 12.0 Å². The van der Waals surface area contributed by atoms with Crippen LogP contribution in [0.25, 0.3) is 0 Å². The molecule has 1 aliphatic rings. The van der Waals surface area contributed by atoms with E-state index in [2.05, 4.69) is 15.7 Å². The lowest BCUT2D eigenvalue weighted by Gasteiger charge is -2.29. The number of halogens is 1. The summed E-state index contributed by atoms with van der Waals surface area (Å²) in [5.74, 6) is 0.0693. The molecule has 1 aliphatic heterocycles. The van der Waals surface area contributed by atoms with E-state index in [9.17, 15) is 9.59 Å². The van der Waals surface area contributed by atoms with Crippen molar-refractivity contribution in [3.63, 3.8) is 0 Å². The Balaban J connectivity index is 1.82. The second-order valence-electron chi connectivity index (χ2n) is 6.00. The van der Waals surface area contributed by atoms with Gasteiger partial charge in [0.15, 0.2) is 0 Å². The third kappa shape index (κ3) is 3.43. The molecular weight excluding hydrogens is 328 g/mol. The second kappa shape index (κ2) is 7.05. The lowest BCUT2D eigenvalue weighted by molar-refractivity contribution is -0.124. The molecule has 24 heavy (non-hydrogen) atoms. The fraction of sp³-hybridized carbons (Fsp3) is 0.353. The van der Waals surface area contributed by atoms with E-state index in [1.165, 1.54) is 10.9 Å². The number of aromatic nitrogens is 2. The highest BCUT2D eigenvalue weighted by molar-refractivity contribution is 6.33. The Morgan fingerprint density at radius 2 is 2.08 bits per heavy atom. The number of rotatable bonds is 4. The first-order valence-electron chi connectivity index (χ1n) is 7.90. The molecule has 0 saturated carbocycles. The number of anilines is 1. The minimum Gasteiger partial charge on any atom is -0.371 e. The maximum Gasteiger partial charge on any atom is 0.287 e. The van der Waals surface area contributed by atoms with Crippen LogP contribution in [0.5, 0.6) is 0 Å². The molecule has 1 aromatic carbocycles. The Morgan fingerprint density at radius 1 is 1.33 bits per heavy atom. The van der Waals surface area contributed by atoms with E-state index in [0.29, 0.717) is 18.8 Å². The van der Waals surface area contributed by atoms with Crippen LogP contribution in [0.15, 0.2) is 41.3 Å². The number of hydrogen-bond donors (Lipinski definition) is 2. The molecule has 6 nitrogen and oxygen atoms in total. The van der Waals surface area contributed by atoms with Gasteiger partial charge in [0.05, 0.1) is 18.4 Å². The first kappa shape index (κ1) is 16.5. The van der Waals surface area contributed by atoms with Crippen molar-refractivity contribution in [2.75, 3.05) is 11.9 Å². The van der Waals surface area contributed by atoms with Gasteiger partial charge in [-0.3, -0.25) is 9.59 Å². The van der Waals surface area contributed by atoms with Crippen LogP contribution in [-0.4, -0.2) is 28.3 Å². The van der Waals surface area contributed by atoms with E-state index < -0.39 is 6.04 Å². The van der Waals surface area contributed by atoms with Gasteiger partial charge in [0.2, 0.25) is 5.91 Å². The summed E-state index contributed by atoms with van der Waals surface area (Å²) >= 11 is 6.21. The number of nitrogens with one attached hydrogen (secondary N) is 2. The van der Waals surface area contributed by atoms with E-state index in [1.54, 1.807) is 0 Å². The van der Waals surface area contributed by atoms with Gasteiger partial charge in [0.25, 0.3) is 5.56 Å². The molecule has 0 aliphatic carbocycles. The molecule has 2 heterocycles. The van der Waals surface area contributed by atoms with Crippen molar-refractivity contribution >= 4 is 23.2 Å². The van der Waals surface area contributed by atoms with Crippen LogP contribution < -0.4 is 16.2 Å². The molecule has 1 fully saturated rings. The Bertz CT molecular complexity index is 791. The molecule has 3 rings (SSSR count). The molecular formula is C17H19ClN4O2. The lowest BCUT2D eigenvalue weighted by atomic mass is 9.94. The highest BCUT2D eigenvalue weighted by atomic mass is 35.5. The normalized spacial score (nSPS) is 20.5. The zero-order valence-corrected chi connectivity index (χ0v) is 14.1. The Labute approximate surface area is 144 Å². The fourth-order valence-corrected chi connectivity index (χ4v) is 2.97. The van der Waals surface area contributed by atoms with Crippen LogP contribution in [0, 0.1) is 5.92 Å². The summed E-state index contributed by atoms with van der Waals surface area (Å²) in [5, 5.41) is 10.1. The molecule has 1 amide bonds. The van der Waals surface area contributed by atoms with Crippen molar-refractivity contribution in [1.29, 1.82) is 0 Å². The summed E-state index contributed by atoms with van der Waals surface area (Å²) < 4.78 is 1.31. The largest absolute Gasteiger partial charge is 0.371 e. The summed E-state index contributed by atoms with van der Waals surface area (Å²) in [5.41, 5.74) is 0.971. The molecule has 1 saturated heterocycles. The predicted molar refractivity (Wildman–Crippen MR) is 93.3 cm³/mol. The van der Waals surface area contributed by atoms with Gasteiger partial charge in [-0.05, 0) is 17.9 Å². The number of amides is 1. The average molecular weight is 347 g/mol. The molecule has 0 unspecified atom stereocenters. The highest BCUT2D eigenvalue weighted by Crippen LogP contribution is 2.22. The summed E-state index contributed by atoms with van der Waals surface area (Å²) in [6.07, 6.45) is 2.38. The zero-order valence-electron chi connectivity index (χ0n) is 13.3. The van der Waals surface area contributed by atoms with E-state index in [4.69, 9.17) is 11.6 Å². The van der Waals surface area contributed by atoms with Crippen molar-refractivity contribution in [2.24, 2.45) is 5.92 Å². The highest BCUT2D eigenvalue weighted by Gasteiger charge is 2.29. The predicted octanol–water partition coefficient (Wildman–Crippen LogP) is 1.88. The van der Waals surface area contributed by atoms with Gasteiger partial charge >= 0.3 is 0 Å². The van der Waals surface area contributed by atoms with Gasteiger partial charge < -0.3 is 10.6 Å². The minimum atomic E-state index is -0.414. The number of hydrogen-bond acceptors (Lipinski definition) is 4. The smallest absolute Gasteiger partial charge is 0.287 e. The summed E-state index contributed by atoms with van der Waals surface area (Å²) in [7, 11) is 0. The first-order valence-corrected chi connectivity index (χ1v) is 8.28. The topological polar surface area (TPSA) is 76.0 Å². The van der Waals surface area contributed by atoms with Gasteiger partial charge in [-0.2, -0.15) is 5.10 Å². The molecule has 2 aromatic rings. The van der Waals surface area contributed by atoms with Gasteiger partial charge in [0.1, 0.15) is 11.1 Å². The van der Waals surface area contributed by atoms with Crippen LogP contribution in [-0.2, 0) is 11.3 Å². The fourth-order valence-electron chi connectivity index (χ4n) is 2.77. The molecule has 2 N–H and O–H groups in total. The molecule has 0 bridgehead atoms. The number of carbonyl (C=O) groups is 1. The van der Waals surface area contributed by atoms with Gasteiger partial charge in [-0.1, -0.05) is 48.9 Å². The Kier molecular flexibility index (Phi) is 4.85. The summed E-state index contributed by atoms with van der Waals surface area (Å²) in [4.78, 5) is 24.4. The van der Waals surface area contributed by atoms with E-state index in [1.807, 2.05) is 37.3 Å². The third-order valence-electron chi connectivity index (χ3n) is 4.22. The van der Waals surface area contributed by atoms with Crippen molar-refractivity contribution < 1.29 is 4.79 Å². The molecule has 7 heteroatoms. The number of nitrogens with zero attached hydrogens (tertiary/aromatic N) is 2. The van der Waals surface area contributed by atoms with E-state index >= 15 is 0 Å². The molecule has 0 spiro atoms. The monoisotopic (exact) mass is 346 g/mol. The number of carbonyl (C=O) groups excluding carboxylic acids is 1. The lowest BCUT2D eigenvalue weighted by Crippen LogP contribution is -2.49. The Morgan fingerprint density at radius 3 is 2.79 bits per heavy atom. The maximum absolute atomic E-state index is 12.4. The maximum atomic E-state index is 12.4. The Hall–Kier alpha value is -2.34. The first-order chi connectivity index (χ1) is 11.6. The van der Waals surface area contributed by atoms with E-state index in [-0.39, 0.29) is 22.4 Å². The quantitative estimate of drug-likeness (QED) is 0.886. The number of piperidine rings is 1. The summed E-state index contributed by atoms with van der Waals surface area (Å²) in [6.45, 7) is 3.01. The van der Waals surface area contributed by atoms with Gasteiger partial charge in [-0.15, -0.1) is 0 Å². The summed E-state index contributed by atoms with van der Waals surface area (Å²) in [6, 6.07) is 9.14. The van der Waals surface area contributed by atoms with Crippen LogP contribution in [0.2, 0.25) is 5.02 Å². The van der Waals surface area contributed by atoms with Crippen molar-refractivity contribution in [1.82, 2.24) is 15.1 Å². The van der Waals surface area contributed by atoms with Crippen LogP contribution in [0.4, 0.5) is 5.69 Å². The van der Waals surface area contributed by atoms with Crippen LogP contribution in [0.3, 0.4) is 0 Å². The molecule has 2 atom stereocenters. The van der Waals surface area contributed by atoms with Crippen LogP contribution in [0.1, 0.15) is 18.9 Å². The van der Waals surface area contributed by atoms with Gasteiger partial charge in [-0.25, -0.2) is 4.68 Å². The molecule has 0 radical (unpaired) electrons. The molecule has 126 valence electrons. The van der Waals surface area contributed by atoms with Crippen molar-refractivity contribution in [3.8, 4) is 0 Å². The second-order valence-corrected chi connectivity index (χ2v) is 6.38. The minimum absolute atomic E-state index is 0.0477. The van der Waals surface area contributed by atoms with Crippen molar-refractivity contribution in [3.05, 3.63) is 57.5 Å². The number of benzene rings is 1.